The number of hydrogen-bond donors (Lipinski definition) is 0. The molecule has 0 radical (unpaired) electrons. The normalized spacial score (nSPS) is 38.6. The van der Waals surface area contributed by atoms with E-state index in [1.807, 2.05) is 0 Å². The summed E-state index contributed by atoms with van der Waals surface area (Å²) in [7, 11) is 0. The largest absolute Gasteiger partial charge is 0.0651 e. The van der Waals surface area contributed by atoms with Crippen LogP contribution in [0, 0.1) is 35.0 Å². The first kappa shape index (κ1) is 17.4. The monoisotopic (exact) mass is 330 g/mol. The van der Waals surface area contributed by atoms with Crippen molar-refractivity contribution in [1.29, 1.82) is 0 Å². The first-order valence-corrected chi connectivity index (χ1v) is 11.9. The average molecular weight is 331 g/mol. The van der Waals surface area contributed by atoms with Gasteiger partial charge in [0.1, 0.15) is 0 Å². The Bertz CT molecular complexity index is 367. The maximum absolute atomic E-state index is 2.55. The molecular formula is C24H42. The van der Waals surface area contributed by atoms with E-state index in [0.717, 1.165) is 35.0 Å². The Morgan fingerprint density at radius 1 is 0.583 bits per heavy atom. The van der Waals surface area contributed by atoms with Crippen LogP contribution in [0.1, 0.15) is 116 Å². The number of hydrogen-bond acceptors (Lipinski definition) is 0. The highest BCUT2D eigenvalue weighted by Gasteiger charge is 2.58. The smallest absolute Gasteiger partial charge is 0.0182 e. The molecule has 0 heterocycles. The molecule has 4 rings (SSSR count). The molecule has 138 valence electrons. The highest BCUT2D eigenvalue weighted by Crippen LogP contribution is 2.65. The van der Waals surface area contributed by atoms with Gasteiger partial charge in [-0.2, -0.15) is 0 Å². The van der Waals surface area contributed by atoms with Crippen LogP contribution in [0.5, 0.6) is 0 Å². The predicted molar refractivity (Wildman–Crippen MR) is 104 cm³/mol. The van der Waals surface area contributed by atoms with Crippen LogP contribution in [0.25, 0.3) is 0 Å². The molecule has 0 N–H and O–H groups in total. The van der Waals surface area contributed by atoms with Gasteiger partial charge in [0.2, 0.25) is 0 Å². The van der Waals surface area contributed by atoms with Gasteiger partial charge in [0.15, 0.2) is 0 Å². The third-order valence-corrected chi connectivity index (χ3v) is 9.26. The van der Waals surface area contributed by atoms with Crippen molar-refractivity contribution in [3.8, 4) is 0 Å². The highest BCUT2D eigenvalue weighted by molar-refractivity contribution is 5.06. The van der Waals surface area contributed by atoms with E-state index < -0.39 is 0 Å². The minimum Gasteiger partial charge on any atom is -0.0651 e. The molecule has 4 aliphatic rings. The van der Waals surface area contributed by atoms with Crippen LogP contribution in [0.3, 0.4) is 0 Å². The summed E-state index contributed by atoms with van der Waals surface area (Å²) in [6.45, 7) is 2.55. The van der Waals surface area contributed by atoms with E-state index in [1.165, 1.54) is 19.3 Å². The molecule has 4 aliphatic carbocycles. The van der Waals surface area contributed by atoms with Crippen molar-refractivity contribution in [2.75, 3.05) is 0 Å². The molecular weight excluding hydrogens is 288 g/mol. The molecule has 0 bridgehead atoms. The van der Waals surface area contributed by atoms with E-state index in [2.05, 4.69) is 6.92 Å². The molecule has 0 amide bonds. The van der Waals surface area contributed by atoms with Crippen LogP contribution in [0.2, 0.25) is 0 Å². The maximum Gasteiger partial charge on any atom is -0.0182 e. The van der Waals surface area contributed by atoms with Crippen molar-refractivity contribution in [2.45, 2.75) is 116 Å². The van der Waals surface area contributed by atoms with Crippen molar-refractivity contribution in [3.05, 3.63) is 0 Å². The van der Waals surface area contributed by atoms with Crippen molar-refractivity contribution in [1.82, 2.24) is 0 Å². The second kappa shape index (κ2) is 7.71. The van der Waals surface area contributed by atoms with Gasteiger partial charge in [0.05, 0.1) is 0 Å². The minimum atomic E-state index is 0.777. The zero-order valence-electron chi connectivity index (χ0n) is 16.4. The summed E-state index contributed by atoms with van der Waals surface area (Å²) in [5.74, 6) is 5.51. The summed E-state index contributed by atoms with van der Waals surface area (Å²) in [6, 6.07) is 0. The highest BCUT2D eigenvalue weighted by atomic mass is 14.6. The molecule has 0 heteroatoms. The lowest BCUT2D eigenvalue weighted by Gasteiger charge is -2.63. The lowest BCUT2D eigenvalue weighted by molar-refractivity contribution is -0.144. The van der Waals surface area contributed by atoms with Gasteiger partial charge in [0, 0.05) is 0 Å². The van der Waals surface area contributed by atoms with Crippen LogP contribution >= 0.6 is 0 Å². The molecule has 0 spiro atoms. The summed E-state index contributed by atoms with van der Waals surface area (Å²) in [5.41, 5.74) is 0.777. The predicted octanol–water partition coefficient (Wildman–Crippen LogP) is 7.76. The van der Waals surface area contributed by atoms with Gasteiger partial charge in [0.25, 0.3) is 0 Å². The van der Waals surface area contributed by atoms with Crippen LogP contribution in [0.4, 0.5) is 0 Å². The zero-order valence-corrected chi connectivity index (χ0v) is 16.4. The fourth-order valence-electron chi connectivity index (χ4n) is 8.55. The molecule has 24 heavy (non-hydrogen) atoms. The SMILES string of the molecule is CCC1CCC2CCCCC2C1(C1CCCCC1)C1CCCCC1. The van der Waals surface area contributed by atoms with Crippen LogP contribution in [-0.2, 0) is 0 Å². The Hall–Kier alpha value is 0. The Kier molecular flexibility index (Phi) is 5.59. The van der Waals surface area contributed by atoms with Crippen molar-refractivity contribution in [3.63, 3.8) is 0 Å². The summed E-state index contributed by atoms with van der Waals surface area (Å²) < 4.78 is 0. The summed E-state index contributed by atoms with van der Waals surface area (Å²) in [4.78, 5) is 0. The molecule has 0 nitrogen and oxygen atoms in total. The number of fused-ring (bicyclic) bond motifs is 1. The van der Waals surface area contributed by atoms with Crippen molar-refractivity contribution in [2.24, 2.45) is 35.0 Å². The topological polar surface area (TPSA) is 0 Å². The maximum atomic E-state index is 2.55. The molecule has 4 saturated carbocycles. The van der Waals surface area contributed by atoms with Crippen molar-refractivity contribution >= 4 is 0 Å². The molecule has 3 atom stereocenters. The van der Waals surface area contributed by atoms with E-state index in [9.17, 15) is 0 Å². The van der Waals surface area contributed by atoms with E-state index in [0.29, 0.717) is 0 Å². The molecule has 0 saturated heterocycles. The van der Waals surface area contributed by atoms with E-state index in [1.54, 1.807) is 89.9 Å². The van der Waals surface area contributed by atoms with Gasteiger partial charge in [-0.05, 0) is 80.0 Å². The van der Waals surface area contributed by atoms with Gasteiger partial charge < -0.3 is 0 Å². The Morgan fingerprint density at radius 2 is 1.12 bits per heavy atom. The van der Waals surface area contributed by atoms with Gasteiger partial charge in [-0.15, -0.1) is 0 Å². The average Bonchev–Trinajstić information content (AvgIpc) is 2.68. The lowest BCUT2D eigenvalue weighted by Crippen LogP contribution is -2.56. The third kappa shape index (κ3) is 2.88. The summed E-state index contributed by atoms with van der Waals surface area (Å²) >= 11 is 0. The fourth-order valence-corrected chi connectivity index (χ4v) is 8.55. The van der Waals surface area contributed by atoms with Crippen LogP contribution in [0.15, 0.2) is 0 Å². The Balaban J connectivity index is 1.73. The lowest BCUT2D eigenvalue weighted by atomic mass is 9.42. The molecule has 0 aromatic carbocycles. The number of rotatable bonds is 3. The third-order valence-electron chi connectivity index (χ3n) is 9.26. The fraction of sp³-hybridized carbons (Fsp3) is 1.00. The van der Waals surface area contributed by atoms with Gasteiger partial charge in [-0.25, -0.2) is 0 Å². The standard InChI is InChI=1S/C24H42/c1-2-20-18-17-19-11-9-10-16-23(19)24(20,21-12-5-3-6-13-21)22-14-7-4-8-15-22/h19-23H,2-18H2,1H3. The summed E-state index contributed by atoms with van der Waals surface area (Å²) in [6.07, 6.45) is 26.6. The summed E-state index contributed by atoms with van der Waals surface area (Å²) in [5, 5.41) is 0. The molecule has 0 aromatic heterocycles. The van der Waals surface area contributed by atoms with E-state index in [4.69, 9.17) is 0 Å². The zero-order chi connectivity index (χ0) is 16.4. The van der Waals surface area contributed by atoms with Crippen molar-refractivity contribution < 1.29 is 0 Å². The first-order chi connectivity index (χ1) is 11.9. The molecule has 4 fully saturated rings. The van der Waals surface area contributed by atoms with E-state index >= 15 is 0 Å². The Morgan fingerprint density at radius 3 is 1.71 bits per heavy atom. The van der Waals surface area contributed by atoms with Crippen LogP contribution in [-0.4, -0.2) is 0 Å². The van der Waals surface area contributed by atoms with Gasteiger partial charge in [-0.3, -0.25) is 0 Å². The molecule has 0 aliphatic heterocycles. The van der Waals surface area contributed by atoms with Crippen LogP contribution < -0.4 is 0 Å². The second-order valence-electron chi connectivity index (χ2n) is 10.0. The second-order valence-corrected chi connectivity index (χ2v) is 10.0. The van der Waals surface area contributed by atoms with Gasteiger partial charge >= 0.3 is 0 Å². The van der Waals surface area contributed by atoms with E-state index in [-0.39, 0.29) is 0 Å². The van der Waals surface area contributed by atoms with Gasteiger partial charge in [-0.1, -0.05) is 71.1 Å². The first-order valence-electron chi connectivity index (χ1n) is 11.9. The Labute approximate surface area is 151 Å². The molecule has 0 aromatic rings. The quantitative estimate of drug-likeness (QED) is 0.496. The minimum absolute atomic E-state index is 0.777. The molecule has 3 unspecified atom stereocenters.